The lowest BCUT2D eigenvalue weighted by Gasteiger charge is -2.31. The second kappa shape index (κ2) is 5.93. The van der Waals surface area contributed by atoms with Crippen LogP contribution in [0.1, 0.15) is 47.6 Å². The number of aliphatic hydroxyl groups is 1. The third kappa shape index (κ3) is 2.10. The largest absolute Gasteiger partial charge is 0.458 e. The van der Waals surface area contributed by atoms with E-state index in [2.05, 4.69) is 0 Å². The molecule has 1 atom stereocenters. The van der Waals surface area contributed by atoms with Crippen molar-refractivity contribution in [2.75, 3.05) is 0 Å². The SMILES string of the molecule is CCC1(O)C(=O)OCc2c1cc1n(c2=O)Cc2c-1nc1ccc(Cl)c3c1c2CCC3. The number of hydrogen-bond donors (Lipinski definition) is 1. The fourth-order valence-corrected chi connectivity index (χ4v) is 5.53. The van der Waals surface area contributed by atoms with Crippen LogP contribution in [0.15, 0.2) is 23.0 Å². The van der Waals surface area contributed by atoms with Crippen molar-refractivity contribution in [2.45, 2.75) is 51.4 Å². The minimum atomic E-state index is -1.81. The van der Waals surface area contributed by atoms with Crippen LogP contribution in [0.2, 0.25) is 5.02 Å². The number of pyridine rings is 2. The number of ether oxygens (including phenoxy) is 1. The number of halogens is 1. The van der Waals surface area contributed by atoms with Gasteiger partial charge in [-0.05, 0) is 55.0 Å². The highest BCUT2D eigenvalue weighted by atomic mass is 35.5. The van der Waals surface area contributed by atoms with Gasteiger partial charge in [-0.1, -0.05) is 18.5 Å². The van der Waals surface area contributed by atoms with E-state index < -0.39 is 11.6 Å². The quantitative estimate of drug-likeness (QED) is 0.476. The molecule has 152 valence electrons. The smallest absolute Gasteiger partial charge is 0.343 e. The average Bonchev–Trinajstić information content (AvgIpc) is 3.13. The van der Waals surface area contributed by atoms with E-state index in [-0.39, 0.29) is 18.6 Å². The summed E-state index contributed by atoms with van der Waals surface area (Å²) in [6.45, 7) is 2.02. The van der Waals surface area contributed by atoms with Gasteiger partial charge in [0, 0.05) is 21.5 Å². The first-order chi connectivity index (χ1) is 14.4. The summed E-state index contributed by atoms with van der Waals surface area (Å²) in [5.41, 5.74) is 4.30. The summed E-state index contributed by atoms with van der Waals surface area (Å²) in [5, 5.41) is 12.9. The monoisotopic (exact) mass is 422 g/mol. The molecule has 0 saturated heterocycles. The lowest BCUT2D eigenvalue weighted by atomic mass is 9.85. The van der Waals surface area contributed by atoms with E-state index in [0.717, 1.165) is 52.0 Å². The predicted octanol–water partition coefficient (Wildman–Crippen LogP) is 3.22. The minimum Gasteiger partial charge on any atom is -0.458 e. The molecule has 2 aromatic heterocycles. The van der Waals surface area contributed by atoms with Crippen molar-refractivity contribution in [3.63, 3.8) is 0 Å². The molecule has 3 aliphatic rings. The third-order valence-corrected chi connectivity index (χ3v) is 7.23. The maximum Gasteiger partial charge on any atom is 0.343 e. The van der Waals surface area contributed by atoms with Gasteiger partial charge in [0.25, 0.3) is 5.56 Å². The van der Waals surface area contributed by atoms with Gasteiger partial charge in [0.2, 0.25) is 0 Å². The van der Waals surface area contributed by atoms with Gasteiger partial charge >= 0.3 is 5.97 Å². The molecule has 0 saturated carbocycles. The summed E-state index contributed by atoms with van der Waals surface area (Å²) in [6, 6.07) is 5.57. The van der Waals surface area contributed by atoms with E-state index in [1.165, 1.54) is 5.56 Å². The Hall–Kier alpha value is -2.70. The highest BCUT2D eigenvalue weighted by Crippen LogP contribution is 2.43. The van der Waals surface area contributed by atoms with Crippen LogP contribution in [0, 0.1) is 0 Å². The Morgan fingerprint density at radius 1 is 1.20 bits per heavy atom. The molecule has 6 nitrogen and oxygen atoms in total. The zero-order chi connectivity index (χ0) is 20.8. The summed E-state index contributed by atoms with van der Waals surface area (Å²) < 4.78 is 6.83. The molecule has 1 aliphatic carbocycles. The number of esters is 1. The van der Waals surface area contributed by atoms with Crippen molar-refractivity contribution in [3.05, 3.63) is 61.4 Å². The number of aromatic nitrogens is 2. The molecule has 0 amide bonds. The molecule has 1 N–H and O–H groups in total. The zero-order valence-corrected chi connectivity index (χ0v) is 17.2. The Bertz CT molecular complexity index is 1360. The summed E-state index contributed by atoms with van der Waals surface area (Å²) in [4.78, 5) is 30.5. The number of benzene rings is 1. The van der Waals surface area contributed by atoms with Gasteiger partial charge in [0.05, 0.1) is 29.0 Å². The Balaban J connectivity index is 1.68. The van der Waals surface area contributed by atoms with Crippen LogP contribution in [-0.2, 0) is 41.1 Å². The number of aryl methyl sites for hydroxylation is 2. The predicted molar refractivity (Wildman–Crippen MR) is 112 cm³/mol. The number of nitrogens with zero attached hydrogens (tertiary/aromatic N) is 2. The molecular weight excluding hydrogens is 404 g/mol. The summed E-state index contributed by atoms with van der Waals surface area (Å²) in [7, 11) is 0. The molecule has 3 aromatic rings. The molecule has 0 fully saturated rings. The highest BCUT2D eigenvalue weighted by molar-refractivity contribution is 6.32. The fourth-order valence-electron chi connectivity index (χ4n) is 5.28. The number of rotatable bonds is 1. The first-order valence-corrected chi connectivity index (χ1v) is 10.6. The molecule has 7 heteroatoms. The van der Waals surface area contributed by atoms with Gasteiger partial charge in [0.1, 0.15) is 6.61 Å². The van der Waals surface area contributed by atoms with Gasteiger partial charge in [0.15, 0.2) is 5.60 Å². The number of carbonyl (C=O) groups excluding carboxylic acids is 1. The number of fused-ring (bicyclic) bond motifs is 5. The molecule has 0 radical (unpaired) electrons. The van der Waals surface area contributed by atoms with Crippen LogP contribution in [-0.4, -0.2) is 20.6 Å². The molecule has 1 aromatic carbocycles. The Labute approximate surface area is 177 Å². The van der Waals surface area contributed by atoms with Gasteiger partial charge < -0.3 is 14.4 Å². The molecule has 6 rings (SSSR count). The van der Waals surface area contributed by atoms with Crippen LogP contribution >= 0.6 is 11.6 Å². The van der Waals surface area contributed by atoms with E-state index >= 15 is 0 Å². The molecule has 30 heavy (non-hydrogen) atoms. The van der Waals surface area contributed by atoms with Gasteiger partial charge in [-0.3, -0.25) is 4.79 Å². The zero-order valence-electron chi connectivity index (χ0n) is 16.4. The van der Waals surface area contributed by atoms with Gasteiger partial charge in [-0.2, -0.15) is 0 Å². The van der Waals surface area contributed by atoms with Crippen molar-refractivity contribution < 1.29 is 14.6 Å². The average molecular weight is 423 g/mol. The molecule has 2 aliphatic heterocycles. The van der Waals surface area contributed by atoms with Gasteiger partial charge in [-0.15, -0.1) is 0 Å². The number of cyclic esters (lactones) is 1. The van der Waals surface area contributed by atoms with E-state index in [0.29, 0.717) is 23.4 Å². The Morgan fingerprint density at radius 3 is 2.80 bits per heavy atom. The molecular formula is C23H19ClN2O4. The maximum atomic E-state index is 13.3. The Morgan fingerprint density at radius 2 is 2.00 bits per heavy atom. The van der Waals surface area contributed by atoms with Crippen LogP contribution < -0.4 is 5.56 Å². The molecule has 1 unspecified atom stereocenters. The lowest BCUT2D eigenvalue weighted by molar-refractivity contribution is -0.172. The summed E-state index contributed by atoms with van der Waals surface area (Å²) in [6.07, 6.45) is 2.97. The van der Waals surface area contributed by atoms with Crippen LogP contribution in [0.5, 0.6) is 0 Å². The van der Waals surface area contributed by atoms with E-state index in [9.17, 15) is 14.7 Å². The number of carbonyl (C=O) groups is 1. The fraction of sp³-hybridized carbons (Fsp3) is 0.348. The van der Waals surface area contributed by atoms with E-state index in [1.54, 1.807) is 17.6 Å². The number of hydrogen-bond acceptors (Lipinski definition) is 5. The first kappa shape index (κ1) is 18.1. The lowest BCUT2D eigenvalue weighted by Crippen LogP contribution is -2.44. The second-order valence-corrected chi connectivity index (χ2v) is 8.70. The van der Waals surface area contributed by atoms with Crippen LogP contribution in [0.3, 0.4) is 0 Å². The second-order valence-electron chi connectivity index (χ2n) is 8.29. The summed E-state index contributed by atoms with van der Waals surface area (Å²) in [5.74, 6) is -0.707. The molecule has 4 heterocycles. The van der Waals surface area contributed by atoms with Crippen molar-refractivity contribution in [1.29, 1.82) is 0 Å². The van der Waals surface area contributed by atoms with Crippen molar-refractivity contribution in [1.82, 2.24) is 9.55 Å². The highest BCUT2D eigenvalue weighted by Gasteiger charge is 2.45. The normalized spacial score (nSPS) is 21.2. The van der Waals surface area contributed by atoms with E-state index in [4.69, 9.17) is 21.3 Å². The maximum absolute atomic E-state index is 13.3. The molecule has 0 spiro atoms. The molecule has 0 bridgehead atoms. The third-order valence-electron chi connectivity index (χ3n) is 6.87. The van der Waals surface area contributed by atoms with Crippen molar-refractivity contribution >= 4 is 28.5 Å². The van der Waals surface area contributed by atoms with E-state index in [1.807, 2.05) is 12.1 Å². The standard InChI is InChI=1S/C23H19ClN2O4/c1-2-23(29)15-8-18-20-13(9-26(18)21(27)14(15)10-30-22(23)28)11-4-3-5-12-16(24)6-7-17(25-20)19(11)12/h6-8,29H,2-5,9-10H2,1H3. The Kier molecular flexibility index (Phi) is 3.58. The van der Waals surface area contributed by atoms with Crippen LogP contribution in [0.25, 0.3) is 22.3 Å². The topological polar surface area (TPSA) is 81.4 Å². The van der Waals surface area contributed by atoms with Gasteiger partial charge in [-0.25, -0.2) is 9.78 Å². The summed E-state index contributed by atoms with van der Waals surface area (Å²) >= 11 is 6.47. The van der Waals surface area contributed by atoms with Crippen molar-refractivity contribution in [2.24, 2.45) is 0 Å². The van der Waals surface area contributed by atoms with Crippen molar-refractivity contribution in [3.8, 4) is 11.4 Å². The van der Waals surface area contributed by atoms with Crippen LogP contribution in [0.4, 0.5) is 0 Å². The minimum absolute atomic E-state index is 0.117. The first-order valence-electron chi connectivity index (χ1n) is 10.2.